The van der Waals surface area contributed by atoms with E-state index in [-0.39, 0.29) is 35.1 Å². The Morgan fingerprint density at radius 2 is 1.63 bits per heavy atom. The number of benzene rings is 2. The van der Waals surface area contributed by atoms with Gasteiger partial charge in [-0.15, -0.1) is 0 Å². The summed E-state index contributed by atoms with van der Waals surface area (Å²) >= 11 is 6.31. The maximum atomic E-state index is 15.0. The Morgan fingerprint density at radius 3 is 2.18 bits per heavy atom. The minimum atomic E-state index is -1.28. The molecule has 0 saturated carbocycles. The summed E-state index contributed by atoms with van der Waals surface area (Å²) in [5, 5.41) is 10.3. The van der Waals surface area contributed by atoms with Gasteiger partial charge in [-0.25, -0.2) is 22.4 Å². The Kier molecular flexibility index (Phi) is 8.74. The monoisotopic (exact) mass is 552 g/mol. The molecule has 38 heavy (non-hydrogen) atoms. The van der Waals surface area contributed by atoms with Gasteiger partial charge in [-0.3, -0.25) is 9.89 Å². The van der Waals surface area contributed by atoms with E-state index in [1.165, 1.54) is 11.0 Å². The first-order chi connectivity index (χ1) is 18.1. The van der Waals surface area contributed by atoms with Crippen LogP contribution in [0.15, 0.2) is 46.6 Å². The molecule has 11 heteroatoms. The molecule has 2 aliphatic heterocycles. The number of carboxylic acid groups (broad SMARTS) is 1. The molecule has 2 aromatic carbocycles. The lowest BCUT2D eigenvalue weighted by Gasteiger charge is -2.40. The smallest absolute Gasteiger partial charge is 0.335 e. The van der Waals surface area contributed by atoms with Crippen molar-refractivity contribution in [3.05, 3.63) is 81.0 Å². The van der Waals surface area contributed by atoms with Crippen LogP contribution < -0.4 is 0 Å². The number of piperazine rings is 1. The molecular formula is C27H29ClF4N4O2. The van der Waals surface area contributed by atoms with Crippen LogP contribution in [0.2, 0.25) is 5.02 Å². The lowest BCUT2D eigenvalue weighted by atomic mass is 9.93. The Balaban J connectivity index is 1.87. The molecule has 1 unspecified atom stereocenters. The van der Waals surface area contributed by atoms with Crippen LogP contribution in [0.25, 0.3) is 0 Å². The highest BCUT2D eigenvalue weighted by atomic mass is 35.5. The number of likely N-dealkylation sites (N-methyl/N-ethyl adjacent to an activating group) is 1. The number of hydrogen-bond donors (Lipinski definition) is 1. The van der Waals surface area contributed by atoms with Gasteiger partial charge >= 0.3 is 5.97 Å². The molecule has 2 aromatic rings. The van der Waals surface area contributed by atoms with E-state index in [0.717, 1.165) is 38.2 Å². The van der Waals surface area contributed by atoms with Crippen LogP contribution in [0.4, 0.5) is 17.6 Å². The van der Waals surface area contributed by atoms with Gasteiger partial charge in [-0.05, 0) is 32.0 Å². The average Bonchev–Trinajstić information content (AvgIpc) is 2.84. The minimum Gasteiger partial charge on any atom is -0.478 e. The van der Waals surface area contributed by atoms with E-state index >= 15 is 8.78 Å². The molecule has 4 rings (SSSR count). The van der Waals surface area contributed by atoms with Crippen LogP contribution >= 0.6 is 11.6 Å². The number of hydrogen-bond acceptors (Lipinski definition) is 5. The fourth-order valence-electron chi connectivity index (χ4n) is 5.04. The number of carboxylic acids is 1. The fraction of sp³-hybridized carbons (Fsp3) is 0.407. The van der Waals surface area contributed by atoms with Crippen LogP contribution in [0.3, 0.4) is 0 Å². The zero-order valence-corrected chi connectivity index (χ0v) is 21.9. The number of aliphatic imine (C=N–C) groups is 1. The van der Waals surface area contributed by atoms with E-state index in [2.05, 4.69) is 21.7 Å². The molecule has 1 N–H and O–H groups in total. The first-order valence-electron chi connectivity index (χ1n) is 12.5. The third-order valence-electron chi connectivity index (χ3n) is 6.83. The van der Waals surface area contributed by atoms with Gasteiger partial charge in [0.25, 0.3) is 0 Å². The lowest BCUT2D eigenvalue weighted by Crippen LogP contribution is -2.49. The minimum absolute atomic E-state index is 0.0746. The summed E-state index contributed by atoms with van der Waals surface area (Å²) in [4.78, 5) is 23.0. The summed E-state index contributed by atoms with van der Waals surface area (Å²) < 4.78 is 57.6. The predicted octanol–water partition coefficient (Wildman–Crippen LogP) is 5.09. The van der Waals surface area contributed by atoms with E-state index in [9.17, 15) is 18.7 Å². The number of carbonyl (C=O) groups is 1. The van der Waals surface area contributed by atoms with Crippen LogP contribution in [-0.4, -0.2) is 77.4 Å². The lowest BCUT2D eigenvalue weighted by molar-refractivity contribution is -0.133. The predicted molar refractivity (Wildman–Crippen MR) is 137 cm³/mol. The molecule has 1 fully saturated rings. The molecule has 2 heterocycles. The second-order valence-electron chi connectivity index (χ2n) is 9.29. The summed E-state index contributed by atoms with van der Waals surface area (Å²) in [6.07, 6.45) is 1.02. The zero-order chi connectivity index (χ0) is 27.6. The molecule has 204 valence electrons. The van der Waals surface area contributed by atoms with Crippen LogP contribution in [0.5, 0.6) is 0 Å². The van der Waals surface area contributed by atoms with Crippen molar-refractivity contribution in [2.24, 2.45) is 4.99 Å². The molecule has 0 aromatic heterocycles. The maximum absolute atomic E-state index is 15.0. The van der Waals surface area contributed by atoms with Crippen LogP contribution in [0.1, 0.15) is 37.4 Å². The number of rotatable bonds is 8. The second-order valence-corrected chi connectivity index (χ2v) is 9.70. The number of aliphatic carboxylic acids is 1. The summed E-state index contributed by atoms with van der Waals surface area (Å²) in [6, 6.07) is 3.29. The highest BCUT2D eigenvalue weighted by Gasteiger charge is 2.38. The quantitative estimate of drug-likeness (QED) is 0.463. The molecule has 0 amide bonds. The average molecular weight is 553 g/mol. The molecule has 0 bridgehead atoms. The van der Waals surface area contributed by atoms with E-state index < -0.39 is 40.8 Å². The molecule has 2 aliphatic rings. The summed E-state index contributed by atoms with van der Waals surface area (Å²) in [5.74, 6) is -5.53. The third kappa shape index (κ3) is 5.72. The Labute approximate surface area is 223 Å². The highest BCUT2D eigenvalue weighted by molar-refractivity contribution is 6.31. The van der Waals surface area contributed by atoms with Gasteiger partial charge in [-0.1, -0.05) is 24.6 Å². The Bertz CT molecular complexity index is 1250. The van der Waals surface area contributed by atoms with Gasteiger partial charge in [0.05, 0.1) is 11.1 Å². The van der Waals surface area contributed by atoms with Gasteiger partial charge in [0.2, 0.25) is 0 Å². The van der Waals surface area contributed by atoms with Gasteiger partial charge in [-0.2, -0.15) is 0 Å². The number of nitrogens with zero attached hydrogens (tertiary/aromatic N) is 4. The summed E-state index contributed by atoms with van der Waals surface area (Å²) in [5.41, 5.74) is -0.233. The van der Waals surface area contributed by atoms with Crippen molar-refractivity contribution in [3.8, 4) is 0 Å². The Morgan fingerprint density at radius 1 is 1.00 bits per heavy atom. The SMILES string of the molecule is CCCN1CCN(CC2=C(C(=O)O)C(c3ccc(F)cc3Cl)N=C(c3c(F)cc(F)cc3F)N2CC)CC1. The fourth-order valence-corrected chi connectivity index (χ4v) is 5.31. The normalized spacial score (nSPS) is 19.2. The molecule has 6 nitrogen and oxygen atoms in total. The maximum Gasteiger partial charge on any atom is 0.335 e. The van der Waals surface area contributed by atoms with Gasteiger partial charge < -0.3 is 14.9 Å². The first kappa shape index (κ1) is 28.1. The molecule has 0 radical (unpaired) electrons. The summed E-state index contributed by atoms with van der Waals surface area (Å²) in [6.45, 7) is 8.02. The van der Waals surface area contributed by atoms with E-state index in [0.29, 0.717) is 30.9 Å². The van der Waals surface area contributed by atoms with E-state index in [1.54, 1.807) is 6.92 Å². The molecule has 1 saturated heterocycles. The zero-order valence-electron chi connectivity index (χ0n) is 21.2. The van der Waals surface area contributed by atoms with Crippen molar-refractivity contribution < 1.29 is 27.5 Å². The van der Waals surface area contributed by atoms with Crippen LogP contribution in [0, 0.1) is 23.3 Å². The number of amidine groups is 1. The molecule has 1 atom stereocenters. The highest BCUT2D eigenvalue weighted by Crippen LogP contribution is 2.39. The van der Waals surface area contributed by atoms with Gasteiger partial charge in [0.1, 0.15) is 35.1 Å². The van der Waals surface area contributed by atoms with Crippen molar-refractivity contribution in [2.45, 2.75) is 26.3 Å². The molecular weight excluding hydrogens is 524 g/mol. The first-order valence-corrected chi connectivity index (χ1v) is 12.9. The van der Waals surface area contributed by atoms with E-state index in [1.807, 2.05) is 0 Å². The van der Waals surface area contributed by atoms with Crippen molar-refractivity contribution in [2.75, 3.05) is 45.8 Å². The summed E-state index contributed by atoms with van der Waals surface area (Å²) in [7, 11) is 0. The van der Waals surface area contributed by atoms with Crippen molar-refractivity contribution >= 4 is 23.4 Å². The third-order valence-corrected chi connectivity index (χ3v) is 7.16. The van der Waals surface area contributed by atoms with Crippen molar-refractivity contribution in [1.29, 1.82) is 0 Å². The Hall–Kier alpha value is -2.95. The van der Waals surface area contributed by atoms with E-state index in [4.69, 9.17) is 11.6 Å². The van der Waals surface area contributed by atoms with Gasteiger partial charge in [0, 0.05) is 67.7 Å². The molecule has 0 aliphatic carbocycles. The van der Waals surface area contributed by atoms with Crippen molar-refractivity contribution in [1.82, 2.24) is 14.7 Å². The van der Waals surface area contributed by atoms with Crippen molar-refractivity contribution in [3.63, 3.8) is 0 Å². The topological polar surface area (TPSA) is 59.4 Å². The van der Waals surface area contributed by atoms with Crippen LogP contribution in [-0.2, 0) is 4.79 Å². The standard InChI is InChI=1S/C27H29ClF4N4O2/c1-3-7-34-8-10-35(11-9-34)15-22-24(27(37)38)25(18-6-5-16(29)12-19(18)28)33-26(36(22)4-2)23-20(31)13-17(30)14-21(23)32/h5-6,12-14,25H,3-4,7-11,15H2,1-2H3,(H,37,38). The van der Waals surface area contributed by atoms with Gasteiger partial charge in [0.15, 0.2) is 0 Å². The largest absolute Gasteiger partial charge is 0.478 e. The number of halogens is 5. The molecule has 0 spiro atoms. The second kappa shape index (κ2) is 11.8.